The second-order valence-electron chi connectivity index (χ2n) is 1.37. The van der Waals surface area contributed by atoms with Crippen molar-refractivity contribution in [2.75, 3.05) is 0 Å². The number of rotatable bonds is 0. The second-order valence-corrected chi connectivity index (χ2v) is 1.81. The highest BCUT2D eigenvalue weighted by Gasteiger charge is 2.13. The Hall–Kier alpha value is 0.365. The van der Waals surface area contributed by atoms with Crippen LogP contribution in [0.5, 0.6) is 0 Å². The molecule has 36 valence electrons. The maximum Gasteiger partial charge on any atom is 0.393 e. The van der Waals surface area contributed by atoms with E-state index in [0.29, 0.717) is 0 Å². The molecule has 1 rings (SSSR count). The summed E-state index contributed by atoms with van der Waals surface area (Å²) >= 11 is 5.55. The van der Waals surface area contributed by atoms with Crippen LogP contribution in [0.2, 0.25) is 0 Å². The SMILES string of the molecule is ClB1NBNBN1. The normalized spacial score (nSPS) is 20.4. The Morgan fingerprint density at radius 1 is 1.29 bits per heavy atom. The van der Waals surface area contributed by atoms with E-state index in [-0.39, 0.29) is 6.40 Å². The molecule has 7 heavy (non-hydrogen) atoms. The molecule has 0 saturated carbocycles. The lowest BCUT2D eigenvalue weighted by atomic mass is 9.84. The quantitative estimate of drug-likeness (QED) is 0.306. The average Bonchev–Trinajstić information content (AvgIpc) is 1.69. The Labute approximate surface area is 49.2 Å². The molecule has 1 aliphatic heterocycles. The summed E-state index contributed by atoms with van der Waals surface area (Å²) in [5.41, 5.74) is 0. The Balaban J connectivity index is 2.12. The molecule has 0 aliphatic carbocycles. The highest BCUT2D eigenvalue weighted by Crippen LogP contribution is 1.75. The predicted molar refractivity (Wildman–Crippen MR) is 35.3 cm³/mol. The second kappa shape index (κ2) is 2.62. The van der Waals surface area contributed by atoms with Gasteiger partial charge in [0.15, 0.2) is 0 Å². The lowest BCUT2D eigenvalue weighted by Gasteiger charge is -2.14. The van der Waals surface area contributed by atoms with Crippen LogP contribution in [0.25, 0.3) is 0 Å². The first-order valence-electron chi connectivity index (χ1n) is 2.21. The van der Waals surface area contributed by atoms with Gasteiger partial charge in [0, 0.05) is 0 Å². The average molecular weight is 115 g/mol. The highest BCUT2D eigenvalue weighted by atomic mass is 35.5. The van der Waals surface area contributed by atoms with Crippen LogP contribution >= 0.6 is 11.5 Å². The molecule has 0 spiro atoms. The van der Waals surface area contributed by atoms with Gasteiger partial charge in [-0.25, -0.2) is 0 Å². The first-order valence-corrected chi connectivity index (χ1v) is 2.65. The van der Waals surface area contributed by atoms with Gasteiger partial charge in [0.25, 0.3) is 15.1 Å². The molecule has 0 amide bonds. The zero-order valence-electron chi connectivity index (χ0n) is 3.87. The fraction of sp³-hybridized carbons (Fsp3) is 0. The van der Waals surface area contributed by atoms with Gasteiger partial charge >= 0.3 is 6.40 Å². The zero-order chi connectivity index (χ0) is 5.11. The largest absolute Gasteiger partial charge is 0.393 e. The maximum atomic E-state index is 5.55. The predicted octanol–water partition coefficient (Wildman–Crippen LogP) is -2.47. The molecule has 3 nitrogen and oxygen atoms in total. The van der Waals surface area contributed by atoms with E-state index in [4.69, 9.17) is 11.5 Å². The van der Waals surface area contributed by atoms with Gasteiger partial charge in [0.2, 0.25) is 0 Å². The van der Waals surface area contributed by atoms with Crippen LogP contribution in [0, 0.1) is 0 Å². The van der Waals surface area contributed by atoms with Crippen LogP contribution in [0.3, 0.4) is 0 Å². The molecule has 7 heteroatoms. The van der Waals surface area contributed by atoms with E-state index in [2.05, 4.69) is 15.4 Å². The Kier molecular flexibility index (Phi) is 2.06. The summed E-state index contributed by atoms with van der Waals surface area (Å²) in [4.78, 5) is 0. The fourth-order valence-corrected chi connectivity index (χ4v) is 0.613. The van der Waals surface area contributed by atoms with Crippen molar-refractivity contribution in [2.24, 2.45) is 0 Å². The number of halogens is 1. The Morgan fingerprint density at radius 3 is 2.14 bits per heavy atom. The molecule has 0 atom stereocenters. The van der Waals surface area contributed by atoms with Crippen molar-refractivity contribution in [3.05, 3.63) is 0 Å². The first kappa shape index (κ1) is 5.50. The molecule has 3 N–H and O–H groups in total. The Bertz CT molecular complexity index is 52.1. The summed E-state index contributed by atoms with van der Waals surface area (Å²) in [7, 11) is 1.59. The smallest absolute Gasteiger partial charge is 0.377 e. The summed E-state index contributed by atoms with van der Waals surface area (Å²) in [6.45, 7) is 0. The number of hydrogen-bond donors (Lipinski definition) is 3. The fourth-order valence-electron chi connectivity index (χ4n) is 0.458. The van der Waals surface area contributed by atoms with Crippen molar-refractivity contribution in [2.45, 2.75) is 0 Å². The van der Waals surface area contributed by atoms with E-state index in [1.165, 1.54) is 0 Å². The van der Waals surface area contributed by atoms with Crippen LogP contribution in [0.4, 0.5) is 0 Å². The van der Waals surface area contributed by atoms with E-state index in [0.717, 1.165) is 15.1 Å². The molecule has 1 heterocycles. The maximum absolute atomic E-state index is 5.55. The van der Waals surface area contributed by atoms with Gasteiger partial charge in [-0.1, -0.05) is 0 Å². The van der Waals surface area contributed by atoms with Gasteiger partial charge in [0.05, 0.1) is 0 Å². The third kappa shape index (κ3) is 1.73. The zero-order valence-corrected chi connectivity index (χ0v) is 4.63. The van der Waals surface area contributed by atoms with Crippen molar-refractivity contribution in [1.29, 1.82) is 0 Å². The van der Waals surface area contributed by atoms with E-state index in [9.17, 15) is 0 Å². The van der Waals surface area contributed by atoms with Gasteiger partial charge in [-0.3, -0.25) is 0 Å². The van der Waals surface area contributed by atoms with Crippen molar-refractivity contribution in [3.8, 4) is 0 Å². The lowest BCUT2D eigenvalue weighted by molar-refractivity contribution is 1.27. The first-order chi connectivity index (χ1) is 3.39. The van der Waals surface area contributed by atoms with Crippen LogP contribution in [0.15, 0.2) is 0 Å². The number of nitrogens with one attached hydrogen (secondary N) is 3. The van der Waals surface area contributed by atoms with Crippen LogP contribution < -0.4 is 15.4 Å². The summed E-state index contributed by atoms with van der Waals surface area (Å²) in [5, 5.41) is 8.86. The van der Waals surface area contributed by atoms with Gasteiger partial charge < -0.3 is 15.4 Å². The third-order valence-electron chi connectivity index (χ3n) is 0.813. The van der Waals surface area contributed by atoms with Gasteiger partial charge in [-0.15, -0.1) is 0 Å². The van der Waals surface area contributed by atoms with Crippen molar-refractivity contribution in [1.82, 2.24) is 15.4 Å². The minimum atomic E-state index is -0.0544. The van der Waals surface area contributed by atoms with Crippen molar-refractivity contribution < 1.29 is 0 Å². The molecule has 0 unspecified atom stereocenters. The lowest BCUT2D eigenvalue weighted by Crippen LogP contribution is -2.60. The molecule has 0 bridgehead atoms. The van der Waals surface area contributed by atoms with Gasteiger partial charge in [-0.05, 0) is 0 Å². The van der Waals surface area contributed by atoms with Gasteiger partial charge in [0.1, 0.15) is 0 Å². The molecular formula is H5B3ClN3. The summed E-state index contributed by atoms with van der Waals surface area (Å²) in [6.07, 6.45) is -0.0544. The van der Waals surface area contributed by atoms with Crippen molar-refractivity contribution >= 4 is 33.0 Å². The van der Waals surface area contributed by atoms with E-state index < -0.39 is 0 Å². The van der Waals surface area contributed by atoms with E-state index >= 15 is 0 Å². The number of hydrogen-bond acceptors (Lipinski definition) is 3. The molecule has 1 fully saturated rings. The third-order valence-corrected chi connectivity index (χ3v) is 1.12. The molecule has 0 radical (unpaired) electrons. The molecule has 0 aromatic carbocycles. The van der Waals surface area contributed by atoms with Crippen LogP contribution in [-0.2, 0) is 0 Å². The van der Waals surface area contributed by atoms with Crippen molar-refractivity contribution in [3.63, 3.8) is 0 Å². The highest BCUT2D eigenvalue weighted by molar-refractivity contribution is 7.09. The molecular weight excluding hydrogens is 110 g/mol. The Morgan fingerprint density at radius 2 is 1.86 bits per heavy atom. The van der Waals surface area contributed by atoms with E-state index in [1.807, 2.05) is 0 Å². The monoisotopic (exact) mass is 115 g/mol. The molecule has 0 aromatic rings. The molecule has 1 aliphatic rings. The summed E-state index contributed by atoms with van der Waals surface area (Å²) < 4.78 is 0. The van der Waals surface area contributed by atoms with Gasteiger partial charge in [-0.2, -0.15) is 11.5 Å². The summed E-state index contributed by atoms with van der Waals surface area (Å²) in [5.74, 6) is 0. The minimum Gasteiger partial charge on any atom is -0.377 e. The van der Waals surface area contributed by atoms with Crippen LogP contribution in [-0.4, -0.2) is 21.5 Å². The summed E-state index contributed by atoms with van der Waals surface area (Å²) in [6, 6.07) is 0. The standard InChI is InChI=1S/B3ClH5N3/c4-3-6-1-5-2-7-3/h1-2,5-7H. The topological polar surface area (TPSA) is 36.1 Å². The minimum absolute atomic E-state index is 0.0544. The molecule has 1 saturated heterocycles. The molecule has 0 aromatic heterocycles. The van der Waals surface area contributed by atoms with E-state index in [1.54, 1.807) is 0 Å². The van der Waals surface area contributed by atoms with Crippen LogP contribution in [0.1, 0.15) is 0 Å².